The van der Waals surface area contributed by atoms with E-state index in [1.807, 2.05) is 18.2 Å². The van der Waals surface area contributed by atoms with Crippen LogP contribution in [0.5, 0.6) is 0 Å². The number of hydrogen-bond acceptors (Lipinski definition) is 5. The van der Waals surface area contributed by atoms with Crippen molar-refractivity contribution in [2.24, 2.45) is 5.73 Å². The Kier molecular flexibility index (Phi) is 4.34. The molecule has 112 valence electrons. The smallest absolute Gasteiger partial charge is 0.129 e. The lowest BCUT2D eigenvalue weighted by Gasteiger charge is -2.35. The number of benzene rings is 1. The van der Waals surface area contributed by atoms with Crippen LogP contribution in [0.4, 0.5) is 5.82 Å². The number of piperazine rings is 1. The summed E-state index contributed by atoms with van der Waals surface area (Å²) in [6, 6.07) is 10.3. The molecule has 3 rings (SSSR count). The summed E-state index contributed by atoms with van der Waals surface area (Å²) in [6.07, 6.45) is 0. The first kappa shape index (κ1) is 14.3. The summed E-state index contributed by atoms with van der Waals surface area (Å²) in [4.78, 5) is 9.37. The molecule has 1 aliphatic heterocycles. The minimum Gasteiger partial charge on any atom is -0.395 e. The van der Waals surface area contributed by atoms with Gasteiger partial charge in [-0.05, 0) is 17.7 Å². The summed E-state index contributed by atoms with van der Waals surface area (Å²) in [7, 11) is 0. The number of aliphatic hydroxyl groups excluding tert-OH is 1. The van der Waals surface area contributed by atoms with Crippen LogP contribution in [0.3, 0.4) is 0 Å². The third-order valence-electron chi connectivity index (χ3n) is 4.12. The highest BCUT2D eigenvalue weighted by atomic mass is 16.3. The van der Waals surface area contributed by atoms with Gasteiger partial charge in [0.1, 0.15) is 5.82 Å². The number of anilines is 1. The lowest BCUT2D eigenvalue weighted by Crippen LogP contribution is -2.47. The molecular formula is C16H22N4O. The quantitative estimate of drug-likeness (QED) is 0.870. The molecule has 2 heterocycles. The molecule has 5 nitrogen and oxygen atoms in total. The number of fused-ring (bicyclic) bond motifs is 1. The monoisotopic (exact) mass is 286 g/mol. The van der Waals surface area contributed by atoms with E-state index in [2.05, 4.69) is 21.9 Å². The van der Waals surface area contributed by atoms with Gasteiger partial charge in [0.2, 0.25) is 0 Å². The van der Waals surface area contributed by atoms with Gasteiger partial charge in [-0.2, -0.15) is 0 Å². The normalized spacial score (nSPS) is 16.6. The van der Waals surface area contributed by atoms with E-state index in [1.165, 1.54) is 0 Å². The van der Waals surface area contributed by atoms with E-state index in [4.69, 9.17) is 15.8 Å². The summed E-state index contributed by atoms with van der Waals surface area (Å²) in [5, 5.41) is 10.1. The van der Waals surface area contributed by atoms with Crippen LogP contribution in [0.15, 0.2) is 30.3 Å². The molecule has 1 aromatic heterocycles. The SMILES string of the molecule is NCc1cc(N2CCN(CCO)CC2)nc2ccccc12. The van der Waals surface area contributed by atoms with Crippen molar-refractivity contribution in [3.05, 3.63) is 35.9 Å². The molecule has 0 saturated carbocycles. The van der Waals surface area contributed by atoms with Crippen LogP contribution < -0.4 is 10.6 Å². The first-order chi connectivity index (χ1) is 10.3. The molecule has 0 spiro atoms. The van der Waals surface area contributed by atoms with Gasteiger partial charge in [0, 0.05) is 44.7 Å². The van der Waals surface area contributed by atoms with Crippen LogP contribution in [0.1, 0.15) is 5.56 Å². The zero-order valence-electron chi connectivity index (χ0n) is 12.2. The number of nitrogens with zero attached hydrogens (tertiary/aromatic N) is 3. The molecule has 1 saturated heterocycles. The maximum atomic E-state index is 9.01. The second-order valence-electron chi connectivity index (χ2n) is 5.41. The molecular weight excluding hydrogens is 264 g/mol. The lowest BCUT2D eigenvalue weighted by molar-refractivity contribution is 0.188. The summed E-state index contributed by atoms with van der Waals surface area (Å²) >= 11 is 0. The Balaban J connectivity index is 1.84. The van der Waals surface area contributed by atoms with Crippen molar-refractivity contribution in [1.82, 2.24) is 9.88 Å². The van der Waals surface area contributed by atoms with Gasteiger partial charge in [0.25, 0.3) is 0 Å². The van der Waals surface area contributed by atoms with Crippen LogP contribution in [0.25, 0.3) is 10.9 Å². The number of para-hydroxylation sites is 1. The summed E-state index contributed by atoms with van der Waals surface area (Å²) in [5.74, 6) is 1.01. The molecule has 2 aromatic rings. The third kappa shape index (κ3) is 3.00. The van der Waals surface area contributed by atoms with E-state index >= 15 is 0 Å². The Morgan fingerprint density at radius 3 is 2.62 bits per heavy atom. The van der Waals surface area contributed by atoms with Gasteiger partial charge in [-0.1, -0.05) is 18.2 Å². The summed E-state index contributed by atoms with van der Waals surface area (Å²) in [6.45, 7) is 5.32. The van der Waals surface area contributed by atoms with Gasteiger partial charge in [0.15, 0.2) is 0 Å². The topological polar surface area (TPSA) is 65.6 Å². The zero-order chi connectivity index (χ0) is 14.7. The Morgan fingerprint density at radius 1 is 1.14 bits per heavy atom. The fourth-order valence-electron chi connectivity index (χ4n) is 2.90. The molecule has 0 amide bonds. The Bertz CT molecular complexity index is 608. The van der Waals surface area contributed by atoms with Crippen molar-refractivity contribution in [2.75, 3.05) is 44.2 Å². The predicted octanol–water partition coefficient (Wildman–Crippen LogP) is 0.808. The van der Waals surface area contributed by atoms with Crippen molar-refractivity contribution in [3.63, 3.8) is 0 Å². The van der Waals surface area contributed by atoms with Gasteiger partial charge < -0.3 is 15.7 Å². The van der Waals surface area contributed by atoms with Crippen molar-refractivity contribution >= 4 is 16.7 Å². The molecule has 0 bridgehead atoms. The van der Waals surface area contributed by atoms with Gasteiger partial charge in [0.05, 0.1) is 12.1 Å². The fraction of sp³-hybridized carbons (Fsp3) is 0.438. The maximum Gasteiger partial charge on any atom is 0.129 e. The van der Waals surface area contributed by atoms with Crippen LogP contribution in [0.2, 0.25) is 0 Å². The molecule has 0 unspecified atom stereocenters. The van der Waals surface area contributed by atoms with Crippen molar-refractivity contribution in [3.8, 4) is 0 Å². The summed E-state index contributed by atoms with van der Waals surface area (Å²) in [5.41, 5.74) is 8.05. The van der Waals surface area contributed by atoms with E-state index in [0.29, 0.717) is 6.54 Å². The predicted molar refractivity (Wildman–Crippen MR) is 85.4 cm³/mol. The van der Waals surface area contributed by atoms with Crippen LogP contribution in [0, 0.1) is 0 Å². The average molecular weight is 286 g/mol. The lowest BCUT2D eigenvalue weighted by atomic mass is 10.1. The fourth-order valence-corrected chi connectivity index (χ4v) is 2.90. The highest BCUT2D eigenvalue weighted by Gasteiger charge is 2.18. The van der Waals surface area contributed by atoms with E-state index in [0.717, 1.165) is 55.0 Å². The third-order valence-corrected chi connectivity index (χ3v) is 4.12. The van der Waals surface area contributed by atoms with Crippen LogP contribution >= 0.6 is 0 Å². The minimum atomic E-state index is 0.228. The van der Waals surface area contributed by atoms with Gasteiger partial charge in [-0.3, -0.25) is 4.90 Å². The Hall–Kier alpha value is -1.69. The van der Waals surface area contributed by atoms with Gasteiger partial charge >= 0.3 is 0 Å². The molecule has 0 radical (unpaired) electrons. The first-order valence-corrected chi connectivity index (χ1v) is 7.48. The second-order valence-corrected chi connectivity index (χ2v) is 5.41. The molecule has 0 aliphatic carbocycles. The van der Waals surface area contributed by atoms with Gasteiger partial charge in [-0.15, -0.1) is 0 Å². The minimum absolute atomic E-state index is 0.228. The Morgan fingerprint density at radius 2 is 1.90 bits per heavy atom. The van der Waals surface area contributed by atoms with E-state index < -0.39 is 0 Å². The second kappa shape index (κ2) is 6.39. The highest BCUT2D eigenvalue weighted by Crippen LogP contribution is 2.23. The van der Waals surface area contributed by atoms with Crippen molar-refractivity contribution < 1.29 is 5.11 Å². The Labute approximate surface area is 125 Å². The van der Waals surface area contributed by atoms with Crippen molar-refractivity contribution in [2.45, 2.75) is 6.54 Å². The number of nitrogens with two attached hydrogens (primary N) is 1. The standard InChI is InChI=1S/C16H22N4O/c17-12-13-11-16(18-15-4-2-1-3-14(13)15)20-7-5-19(6-8-20)9-10-21/h1-4,11,21H,5-10,12,17H2. The van der Waals surface area contributed by atoms with E-state index in [-0.39, 0.29) is 6.61 Å². The number of β-amino-alcohol motifs (C(OH)–C–C–N with tert-alkyl or cyclic N) is 1. The molecule has 3 N–H and O–H groups in total. The van der Waals surface area contributed by atoms with Crippen LogP contribution in [-0.2, 0) is 6.54 Å². The molecule has 1 aromatic carbocycles. The number of rotatable bonds is 4. The van der Waals surface area contributed by atoms with Crippen molar-refractivity contribution in [1.29, 1.82) is 0 Å². The number of hydrogen-bond donors (Lipinski definition) is 2. The molecule has 1 aliphatic rings. The van der Waals surface area contributed by atoms with Crippen LogP contribution in [-0.4, -0.2) is 54.3 Å². The van der Waals surface area contributed by atoms with Gasteiger partial charge in [-0.25, -0.2) is 4.98 Å². The highest BCUT2D eigenvalue weighted by molar-refractivity contribution is 5.84. The molecule has 21 heavy (non-hydrogen) atoms. The molecule has 0 atom stereocenters. The number of aromatic nitrogens is 1. The first-order valence-electron chi connectivity index (χ1n) is 7.48. The molecule has 5 heteroatoms. The number of aliphatic hydroxyl groups is 1. The average Bonchev–Trinajstić information content (AvgIpc) is 2.55. The van der Waals surface area contributed by atoms with E-state index in [1.54, 1.807) is 0 Å². The summed E-state index contributed by atoms with van der Waals surface area (Å²) < 4.78 is 0. The largest absolute Gasteiger partial charge is 0.395 e. The molecule has 1 fully saturated rings. The maximum absolute atomic E-state index is 9.01. The number of pyridine rings is 1. The van der Waals surface area contributed by atoms with E-state index in [9.17, 15) is 0 Å². The zero-order valence-corrected chi connectivity index (χ0v) is 12.2.